The molecule has 0 unspecified atom stereocenters. The largest absolute Gasteiger partial charge is 2.00 e. The van der Waals surface area contributed by atoms with Gasteiger partial charge in [-0.15, -0.1) is 0 Å². The molecule has 0 aromatic heterocycles. The van der Waals surface area contributed by atoms with Crippen LogP contribution in [0.4, 0.5) is 17.3 Å². The van der Waals surface area contributed by atoms with Gasteiger partial charge in [0.2, 0.25) is 0 Å². The number of hydrogen-bond donors (Lipinski definition) is 0. The maximum absolute atomic E-state index is 9.75. The summed E-state index contributed by atoms with van der Waals surface area (Å²) in [5.41, 5.74) is 1.88. The molecule has 0 N–H and O–H groups in total. The van der Waals surface area contributed by atoms with Gasteiger partial charge in [-0.3, -0.25) is 0 Å². The molecule has 0 spiro atoms. The fourth-order valence-electron chi connectivity index (χ4n) is 3.49. The molecule has 1 aliphatic rings. The van der Waals surface area contributed by atoms with Crippen LogP contribution in [-0.4, -0.2) is 7.25 Å². The quantitative estimate of drug-likeness (QED) is 0.159. The minimum atomic E-state index is -6.00. The predicted octanol–water partition coefficient (Wildman–Crippen LogP) is 8.01. The van der Waals surface area contributed by atoms with Crippen molar-refractivity contribution in [2.75, 3.05) is 0 Å². The number of halogens is 4. The normalized spacial score (nSPS) is 13.0. The summed E-state index contributed by atoms with van der Waals surface area (Å²) in [5, 5.41) is 17.5. The van der Waals surface area contributed by atoms with E-state index in [9.17, 15) is 17.3 Å². The van der Waals surface area contributed by atoms with Crippen molar-refractivity contribution in [3.8, 4) is 12.1 Å². The Morgan fingerprint density at radius 1 is 0.684 bits per heavy atom. The topological polar surface area (TPSA) is 47.6 Å². The molecule has 1 aliphatic carbocycles. The Balaban J connectivity index is 0.000000981. The van der Waals surface area contributed by atoms with Gasteiger partial charge in [0.1, 0.15) is 0 Å². The second-order valence-corrected chi connectivity index (χ2v) is 9.80. The van der Waals surface area contributed by atoms with Crippen LogP contribution in [0, 0.1) is 54.3 Å². The Labute approximate surface area is 238 Å². The summed E-state index contributed by atoms with van der Waals surface area (Å²) >= 11 is 0. The number of rotatable bonds is 6. The summed E-state index contributed by atoms with van der Waals surface area (Å²) in [6.07, 6.45) is 9.85. The van der Waals surface area contributed by atoms with E-state index in [0.717, 1.165) is 6.42 Å². The molecule has 1 saturated carbocycles. The third-order valence-corrected chi connectivity index (χ3v) is 7.54. The van der Waals surface area contributed by atoms with Crippen molar-refractivity contribution in [2.24, 2.45) is 0 Å². The summed E-state index contributed by atoms with van der Waals surface area (Å²) < 4.78 is 39.0. The molecule has 3 aromatic carbocycles. The average Bonchev–Trinajstić information content (AvgIpc) is 3.39. The average molecular weight is 623 g/mol. The second kappa shape index (κ2) is 20.4. The van der Waals surface area contributed by atoms with Gasteiger partial charge in [-0.1, -0.05) is 91.0 Å². The standard InChI is InChI=1S/C25H22P.2C2H3N.BF4.Ru/c1-4-14-22(15-5-1)25(20-21-12-10-11-13-21)26(23-16-6-2-7-17-23)24-18-8-3-9-19-24;2*1-2-3;2-1(3,4)5;/h1-19,25H,20H2;2*1H3;;/q;;;-1;+2/t25-;;;;/m0..../s1. The molecule has 0 heterocycles. The molecule has 0 amide bonds. The molecule has 4 rings (SSSR count). The SMILES string of the molecule is CC#N.CC#N.F[B-](F)(F)F.[CH]1[CH][CH][C](C[C@@H](c2ccccc2)P(c2ccccc2)c2ccccc2)[CH]1.[Ru+2]. The first-order valence-corrected chi connectivity index (χ1v) is 12.8. The van der Waals surface area contributed by atoms with Gasteiger partial charge in [-0.25, -0.2) is 0 Å². The van der Waals surface area contributed by atoms with Gasteiger partial charge in [0.15, 0.2) is 0 Å². The summed E-state index contributed by atoms with van der Waals surface area (Å²) in [4.78, 5) is 0. The zero-order chi connectivity index (χ0) is 27.5. The summed E-state index contributed by atoms with van der Waals surface area (Å²) in [5.74, 6) is 1.42. The molecule has 1 fully saturated rings. The molecule has 0 bridgehead atoms. The van der Waals surface area contributed by atoms with Crippen LogP contribution in [0.5, 0.6) is 0 Å². The Bertz CT molecular complexity index is 1010. The van der Waals surface area contributed by atoms with E-state index in [1.807, 2.05) is 0 Å². The maximum atomic E-state index is 9.75. The van der Waals surface area contributed by atoms with E-state index in [1.54, 1.807) is 12.1 Å². The van der Waals surface area contributed by atoms with Gasteiger partial charge < -0.3 is 17.3 Å². The molecule has 0 saturated heterocycles. The minimum Gasteiger partial charge on any atom is -0.418 e. The smallest absolute Gasteiger partial charge is 0.418 e. The molecular formula is C29H28BF4N2PRu+. The van der Waals surface area contributed by atoms with Crippen molar-refractivity contribution < 1.29 is 36.7 Å². The molecule has 1 atom stereocenters. The van der Waals surface area contributed by atoms with E-state index >= 15 is 0 Å². The zero-order valence-corrected chi connectivity index (χ0v) is 23.7. The van der Waals surface area contributed by atoms with Crippen molar-refractivity contribution in [1.29, 1.82) is 10.5 Å². The van der Waals surface area contributed by atoms with Crippen LogP contribution in [0.15, 0.2) is 91.0 Å². The first-order valence-electron chi connectivity index (χ1n) is 11.4. The van der Waals surface area contributed by atoms with Gasteiger partial charge >= 0.3 is 26.7 Å². The minimum absolute atomic E-state index is 0. The molecule has 3 aromatic rings. The van der Waals surface area contributed by atoms with Crippen LogP contribution >= 0.6 is 7.92 Å². The van der Waals surface area contributed by atoms with Crippen LogP contribution in [0.3, 0.4) is 0 Å². The summed E-state index contributed by atoms with van der Waals surface area (Å²) in [7, 11) is -6.50. The molecule has 0 aliphatic heterocycles. The second-order valence-electron chi connectivity index (χ2n) is 7.41. The monoisotopic (exact) mass is 624 g/mol. The van der Waals surface area contributed by atoms with E-state index in [-0.39, 0.29) is 19.5 Å². The third-order valence-electron chi connectivity index (χ3n) is 4.73. The zero-order valence-electron chi connectivity index (χ0n) is 21.0. The Hall–Kier alpha value is -2.52. The molecule has 38 heavy (non-hydrogen) atoms. The molecular weight excluding hydrogens is 595 g/mol. The molecule has 9 heteroatoms. The summed E-state index contributed by atoms with van der Waals surface area (Å²) in [6.45, 7) is 2.86. The van der Waals surface area contributed by atoms with Crippen molar-refractivity contribution in [2.45, 2.75) is 25.9 Å². The first kappa shape index (κ1) is 35.5. The van der Waals surface area contributed by atoms with Crippen molar-refractivity contribution in [3.05, 3.63) is 128 Å². The van der Waals surface area contributed by atoms with Gasteiger partial charge in [0, 0.05) is 19.5 Å². The number of hydrogen-bond acceptors (Lipinski definition) is 2. The third kappa shape index (κ3) is 15.0. The number of nitrogens with zero attached hydrogens (tertiary/aromatic N) is 2. The Kier molecular flexibility index (Phi) is 19.1. The number of benzene rings is 3. The molecule has 5 radical (unpaired) electrons. The van der Waals surface area contributed by atoms with Crippen molar-refractivity contribution in [1.82, 2.24) is 0 Å². The number of nitriles is 2. The molecule has 2 nitrogen and oxygen atoms in total. The first-order chi connectivity index (χ1) is 17.7. The van der Waals surface area contributed by atoms with E-state index in [1.165, 1.54) is 35.9 Å². The Morgan fingerprint density at radius 3 is 1.34 bits per heavy atom. The van der Waals surface area contributed by atoms with E-state index in [0.29, 0.717) is 5.66 Å². The van der Waals surface area contributed by atoms with Gasteiger partial charge in [0.05, 0.1) is 12.1 Å². The fourth-order valence-corrected chi connectivity index (χ4v) is 6.36. The van der Waals surface area contributed by atoms with Gasteiger partial charge in [0.25, 0.3) is 0 Å². The van der Waals surface area contributed by atoms with Crippen LogP contribution < -0.4 is 10.6 Å². The summed E-state index contributed by atoms with van der Waals surface area (Å²) in [6, 6.07) is 36.5. The van der Waals surface area contributed by atoms with Crippen LogP contribution in [0.2, 0.25) is 0 Å². The van der Waals surface area contributed by atoms with Gasteiger partial charge in [-0.2, -0.15) is 10.5 Å². The van der Waals surface area contributed by atoms with Crippen molar-refractivity contribution in [3.63, 3.8) is 0 Å². The maximum Gasteiger partial charge on any atom is 2.00 e. The predicted molar refractivity (Wildman–Crippen MR) is 146 cm³/mol. The van der Waals surface area contributed by atoms with E-state index < -0.39 is 15.2 Å². The van der Waals surface area contributed by atoms with Gasteiger partial charge in [-0.05, 0) is 62.1 Å². The van der Waals surface area contributed by atoms with Crippen LogP contribution in [-0.2, 0) is 19.5 Å². The molecule has 197 valence electrons. The van der Waals surface area contributed by atoms with Crippen LogP contribution in [0.1, 0.15) is 31.5 Å². The van der Waals surface area contributed by atoms with E-state index in [4.69, 9.17) is 10.5 Å². The Morgan fingerprint density at radius 2 is 1.00 bits per heavy atom. The fraction of sp³-hybridized carbons (Fsp3) is 0.138. The van der Waals surface area contributed by atoms with E-state index in [2.05, 4.69) is 117 Å². The van der Waals surface area contributed by atoms with Crippen molar-refractivity contribution >= 4 is 25.8 Å². The van der Waals surface area contributed by atoms with Crippen LogP contribution in [0.25, 0.3) is 0 Å².